The minimum Gasteiger partial charge on any atom is -0.378 e. The molecule has 0 aliphatic heterocycles. The van der Waals surface area contributed by atoms with Gasteiger partial charge in [0.15, 0.2) is 0 Å². The normalized spacial score (nSPS) is 13.8. The molecule has 0 radical (unpaired) electrons. The van der Waals surface area contributed by atoms with Gasteiger partial charge in [-0.15, -0.1) is 0 Å². The summed E-state index contributed by atoms with van der Waals surface area (Å²) in [4.78, 5) is 3.92. The Kier molecular flexibility index (Phi) is 3.73. The first-order valence-electron chi connectivity index (χ1n) is 6.55. The number of hydrogen-bond donors (Lipinski definition) is 1. The van der Waals surface area contributed by atoms with Crippen LogP contribution >= 0.6 is 11.6 Å². The molecule has 106 valence electrons. The predicted octanol–water partition coefficient (Wildman–Crippen LogP) is 2.87. The number of nitrogens with zero attached hydrogens (tertiary/aromatic N) is 3. The molecule has 3 aromatic rings. The zero-order chi connectivity index (χ0) is 14.7. The van der Waals surface area contributed by atoms with Crippen molar-refractivity contribution in [3.05, 3.63) is 83.4 Å². The monoisotopic (exact) mass is 299 g/mol. The van der Waals surface area contributed by atoms with Crippen molar-refractivity contribution < 1.29 is 5.11 Å². The fourth-order valence-electron chi connectivity index (χ4n) is 2.39. The largest absolute Gasteiger partial charge is 0.378 e. The molecular weight excluding hydrogens is 286 g/mol. The van der Waals surface area contributed by atoms with Crippen molar-refractivity contribution in [3.8, 4) is 0 Å². The van der Waals surface area contributed by atoms with E-state index < -0.39 is 5.60 Å². The number of aromatic nitrogens is 3. The molecule has 1 N–H and O–H groups in total. The molecular formula is C16H14ClN3O. The summed E-state index contributed by atoms with van der Waals surface area (Å²) in [6.45, 7) is 0.237. The van der Waals surface area contributed by atoms with Gasteiger partial charge >= 0.3 is 0 Å². The Morgan fingerprint density at radius 1 is 1.05 bits per heavy atom. The van der Waals surface area contributed by atoms with Crippen molar-refractivity contribution in [3.63, 3.8) is 0 Å². The minimum absolute atomic E-state index is 0.237. The molecule has 1 heterocycles. The van der Waals surface area contributed by atoms with Gasteiger partial charge in [0.1, 0.15) is 18.3 Å². The Hall–Kier alpha value is -2.17. The molecule has 0 spiro atoms. The molecule has 1 unspecified atom stereocenters. The van der Waals surface area contributed by atoms with Crippen molar-refractivity contribution in [1.82, 2.24) is 14.8 Å². The lowest BCUT2D eigenvalue weighted by Crippen LogP contribution is -2.33. The van der Waals surface area contributed by atoms with Gasteiger partial charge in [-0.25, -0.2) is 9.67 Å². The second kappa shape index (κ2) is 5.68. The number of rotatable bonds is 4. The summed E-state index contributed by atoms with van der Waals surface area (Å²) in [5, 5.41) is 15.9. The molecule has 0 saturated carbocycles. The van der Waals surface area contributed by atoms with Crippen LogP contribution in [0.15, 0.2) is 67.3 Å². The number of benzene rings is 2. The minimum atomic E-state index is -1.27. The summed E-state index contributed by atoms with van der Waals surface area (Å²) in [6.07, 6.45) is 3.02. The first-order chi connectivity index (χ1) is 10.2. The van der Waals surface area contributed by atoms with Crippen LogP contribution in [0.2, 0.25) is 5.02 Å². The highest BCUT2D eigenvalue weighted by atomic mass is 35.5. The van der Waals surface area contributed by atoms with Crippen LogP contribution in [-0.2, 0) is 12.1 Å². The van der Waals surface area contributed by atoms with Gasteiger partial charge in [0.05, 0.1) is 6.54 Å². The fraction of sp³-hybridized carbons (Fsp3) is 0.125. The molecule has 3 rings (SSSR count). The topological polar surface area (TPSA) is 50.9 Å². The predicted molar refractivity (Wildman–Crippen MR) is 80.9 cm³/mol. The first-order valence-corrected chi connectivity index (χ1v) is 6.93. The molecule has 0 fully saturated rings. The lowest BCUT2D eigenvalue weighted by molar-refractivity contribution is 0.0573. The van der Waals surface area contributed by atoms with E-state index in [1.165, 1.54) is 6.33 Å². The Balaban J connectivity index is 2.13. The molecule has 1 aromatic heterocycles. The van der Waals surface area contributed by atoms with Crippen LogP contribution in [-0.4, -0.2) is 19.9 Å². The van der Waals surface area contributed by atoms with Gasteiger partial charge in [0.2, 0.25) is 0 Å². The van der Waals surface area contributed by atoms with E-state index in [2.05, 4.69) is 10.1 Å². The van der Waals surface area contributed by atoms with Crippen molar-refractivity contribution in [1.29, 1.82) is 0 Å². The smallest absolute Gasteiger partial charge is 0.137 e. The SMILES string of the molecule is OC(Cn1cncn1)(c1ccccc1)c1ccccc1Cl. The molecule has 1 atom stereocenters. The van der Waals surface area contributed by atoms with E-state index in [1.807, 2.05) is 48.5 Å². The van der Waals surface area contributed by atoms with Crippen LogP contribution in [0.3, 0.4) is 0 Å². The molecule has 4 nitrogen and oxygen atoms in total. The third-order valence-electron chi connectivity index (χ3n) is 3.43. The second-order valence-electron chi connectivity index (χ2n) is 4.80. The van der Waals surface area contributed by atoms with Gasteiger partial charge in [0.25, 0.3) is 0 Å². The molecule has 0 aliphatic rings. The maximum Gasteiger partial charge on any atom is 0.137 e. The van der Waals surface area contributed by atoms with Gasteiger partial charge in [-0.05, 0) is 11.6 Å². The Labute approximate surface area is 127 Å². The maximum absolute atomic E-state index is 11.3. The standard InChI is InChI=1S/C16H14ClN3O/c17-15-9-5-4-8-14(15)16(21,10-20-12-18-11-19-20)13-6-2-1-3-7-13/h1-9,11-12,21H,10H2. The first kappa shape index (κ1) is 13.8. The van der Waals surface area contributed by atoms with E-state index in [9.17, 15) is 5.11 Å². The summed E-state index contributed by atoms with van der Waals surface area (Å²) < 4.78 is 1.59. The Morgan fingerprint density at radius 3 is 2.43 bits per heavy atom. The van der Waals surface area contributed by atoms with Gasteiger partial charge in [-0.2, -0.15) is 5.10 Å². The Morgan fingerprint density at radius 2 is 1.76 bits per heavy atom. The van der Waals surface area contributed by atoms with E-state index >= 15 is 0 Å². The highest BCUT2D eigenvalue weighted by Crippen LogP contribution is 2.35. The number of hydrogen-bond acceptors (Lipinski definition) is 3. The van der Waals surface area contributed by atoms with Crippen molar-refractivity contribution in [2.45, 2.75) is 12.1 Å². The summed E-state index contributed by atoms with van der Waals surface area (Å²) in [5.41, 5.74) is 0.134. The number of halogens is 1. The van der Waals surface area contributed by atoms with Crippen LogP contribution in [0.25, 0.3) is 0 Å². The average Bonchev–Trinajstić information content (AvgIpc) is 3.01. The maximum atomic E-state index is 11.3. The van der Waals surface area contributed by atoms with Gasteiger partial charge in [-0.3, -0.25) is 0 Å². The van der Waals surface area contributed by atoms with Crippen molar-refractivity contribution in [2.75, 3.05) is 0 Å². The summed E-state index contributed by atoms with van der Waals surface area (Å²) >= 11 is 6.29. The highest BCUT2D eigenvalue weighted by molar-refractivity contribution is 6.31. The second-order valence-corrected chi connectivity index (χ2v) is 5.21. The zero-order valence-electron chi connectivity index (χ0n) is 11.2. The zero-order valence-corrected chi connectivity index (χ0v) is 12.0. The van der Waals surface area contributed by atoms with Crippen LogP contribution < -0.4 is 0 Å². The molecule has 0 bridgehead atoms. The molecule has 5 heteroatoms. The summed E-state index contributed by atoms with van der Waals surface area (Å²) in [7, 11) is 0. The fourth-order valence-corrected chi connectivity index (χ4v) is 2.68. The van der Waals surface area contributed by atoms with Crippen molar-refractivity contribution >= 4 is 11.6 Å². The van der Waals surface area contributed by atoms with E-state index in [1.54, 1.807) is 17.1 Å². The summed E-state index contributed by atoms with van der Waals surface area (Å²) in [6, 6.07) is 16.7. The molecule has 2 aromatic carbocycles. The van der Waals surface area contributed by atoms with Gasteiger partial charge in [0, 0.05) is 10.6 Å². The third kappa shape index (κ3) is 2.68. The van der Waals surface area contributed by atoms with E-state index in [-0.39, 0.29) is 6.54 Å². The van der Waals surface area contributed by atoms with Crippen LogP contribution in [0.1, 0.15) is 11.1 Å². The van der Waals surface area contributed by atoms with Crippen LogP contribution in [0.5, 0.6) is 0 Å². The lowest BCUT2D eigenvalue weighted by Gasteiger charge is -2.30. The van der Waals surface area contributed by atoms with E-state index in [0.717, 1.165) is 5.56 Å². The van der Waals surface area contributed by atoms with E-state index in [0.29, 0.717) is 10.6 Å². The van der Waals surface area contributed by atoms with E-state index in [4.69, 9.17) is 11.6 Å². The van der Waals surface area contributed by atoms with Crippen molar-refractivity contribution in [2.24, 2.45) is 0 Å². The Bertz CT molecular complexity index is 715. The molecule has 0 aliphatic carbocycles. The third-order valence-corrected chi connectivity index (χ3v) is 3.76. The summed E-state index contributed by atoms with van der Waals surface area (Å²) in [5.74, 6) is 0. The van der Waals surface area contributed by atoms with Crippen LogP contribution in [0.4, 0.5) is 0 Å². The molecule has 21 heavy (non-hydrogen) atoms. The average molecular weight is 300 g/mol. The highest BCUT2D eigenvalue weighted by Gasteiger charge is 2.34. The number of aliphatic hydroxyl groups is 1. The lowest BCUT2D eigenvalue weighted by atomic mass is 9.86. The van der Waals surface area contributed by atoms with Crippen LogP contribution in [0, 0.1) is 0 Å². The molecule has 0 saturated heterocycles. The molecule has 0 amide bonds. The van der Waals surface area contributed by atoms with Gasteiger partial charge in [-0.1, -0.05) is 60.1 Å². The quantitative estimate of drug-likeness (QED) is 0.806. The van der Waals surface area contributed by atoms with Gasteiger partial charge < -0.3 is 5.11 Å².